The third kappa shape index (κ3) is 4.07. The predicted octanol–water partition coefficient (Wildman–Crippen LogP) is 3.81. The molecule has 1 heterocycles. The van der Waals surface area contributed by atoms with Crippen molar-refractivity contribution in [2.24, 2.45) is 0 Å². The summed E-state index contributed by atoms with van der Waals surface area (Å²) < 4.78 is 0.895. The van der Waals surface area contributed by atoms with E-state index >= 15 is 0 Å². The summed E-state index contributed by atoms with van der Waals surface area (Å²) >= 11 is 3.37. The third-order valence-corrected chi connectivity index (χ3v) is 3.94. The van der Waals surface area contributed by atoms with Gasteiger partial charge in [-0.25, -0.2) is 4.98 Å². The number of carbonyl (C=O) groups is 1. The van der Waals surface area contributed by atoms with Crippen LogP contribution in [0.4, 0.5) is 0 Å². The zero-order chi connectivity index (χ0) is 16.1. The van der Waals surface area contributed by atoms with E-state index in [9.17, 15) is 4.79 Å². The molecule has 0 saturated heterocycles. The molecule has 3 aromatic rings. The molecule has 116 valence electrons. The second-order valence-electron chi connectivity index (χ2n) is 5.14. The molecule has 1 aromatic heterocycles. The van der Waals surface area contributed by atoms with Gasteiger partial charge >= 0.3 is 0 Å². The van der Waals surface area contributed by atoms with Crippen molar-refractivity contribution in [3.8, 4) is 11.4 Å². The monoisotopic (exact) mass is 369 g/mol. The fraction of sp³-hybridized carbons (Fsp3) is 0.111. The SMILES string of the molecule is O=C(NCCc1cnc(-c2ccccc2)[nH]1)c1cccc(Br)c1. The number of carbonyl (C=O) groups excluding carboxylic acids is 1. The van der Waals surface area contributed by atoms with E-state index in [2.05, 4.69) is 31.2 Å². The van der Waals surface area contributed by atoms with E-state index in [1.54, 1.807) is 12.1 Å². The largest absolute Gasteiger partial charge is 0.352 e. The zero-order valence-corrected chi connectivity index (χ0v) is 14.0. The van der Waals surface area contributed by atoms with Crippen molar-refractivity contribution in [3.05, 3.63) is 76.5 Å². The lowest BCUT2D eigenvalue weighted by molar-refractivity contribution is 0.0954. The summed E-state index contributed by atoms with van der Waals surface area (Å²) in [4.78, 5) is 19.7. The highest BCUT2D eigenvalue weighted by molar-refractivity contribution is 9.10. The number of amides is 1. The van der Waals surface area contributed by atoms with Crippen LogP contribution in [0, 0.1) is 0 Å². The fourth-order valence-corrected chi connectivity index (χ4v) is 2.67. The summed E-state index contributed by atoms with van der Waals surface area (Å²) in [6.07, 6.45) is 2.52. The van der Waals surface area contributed by atoms with E-state index in [0.717, 1.165) is 21.6 Å². The van der Waals surface area contributed by atoms with Gasteiger partial charge in [0.1, 0.15) is 5.82 Å². The second-order valence-corrected chi connectivity index (χ2v) is 6.05. The van der Waals surface area contributed by atoms with Crippen molar-refractivity contribution in [1.29, 1.82) is 0 Å². The Labute approximate surface area is 143 Å². The van der Waals surface area contributed by atoms with E-state index in [4.69, 9.17) is 0 Å². The Morgan fingerprint density at radius 3 is 2.74 bits per heavy atom. The average molecular weight is 370 g/mol. The quantitative estimate of drug-likeness (QED) is 0.718. The van der Waals surface area contributed by atoms with Gasteiger partial charge in [-0.3, -0.25) is 4.79 Å². The maximum absolute atomic E-state index is 12.1. The van der Waals surface area contributed by atoms with Gasteiger partial charge in [0.05, 0.1) is 0 Å². The van der Waals surface area contributed by atoms with Gasteiger partial charge in [-0.1, -0.05) is 52.3 Å². The van der Waals surface area contributed by atoms with Crippen molar-refractivity contribution < 1.29 is 4.79 Å². The number of nitrogens with zero attached hydrogens (tertiary/aromatic N) is 1. The molecule has 0 saturated carbocycles. The molecule has 5 heteroatoms. The zero-order valence-electron chi connectivity index (χ0n) is 12.4. The number of benzene rings is 2. The molecule has 4 nitrogen and oxygen atoms in total. The van der Waals surface area contributed by atoms with Crippen LogP contribution in [0.15, 0.2) is 65.3 Å². The van der Waals surface area contributed by atoms with Crippen molar-refractivity contribution in [2.45, 2.75) is 6.42 Å². The van der Waals surface area contributed by atoms with Gasteiger partial charge in [0, 0.05) is 40.5 Å². The van der Waals surface area contributed by atoms with Gasteiger partial charge in [-0.2, -0.15) is 0 Å². The summed E-state index contributed by atoms with van der Waals surface area (Å²) in [6.45, 7) is 0.557. The number of imidazole rings is 1. The maximum Gasteiger partial charge on any atom is 0.251 e. The first-order chi connectivity index (χ1) is 11.2. The van der Waals surface area contributed by atoms with Crippen LogP contribution >= 0.6 is 15.9 Å². The molecular formula is C18H16BrN3O. The highest BCUT2D eigenvalue weighted by Crippen LogP contribution is 2.15. The number of nitrogens with one attached hydrogen (secondary N) is 2. The highest BCUT2D eigenvalue weighted by Gasteiger charge is 2.06. The number of H-pyrrole nitrogens is 1. The van der Waals surface area contributed by atoms with Crippen LogP contribution < -0.4 is 5.32 Å². The average Bonchev–Trinajstić information content (AvgIpc) is 3.04. The van der Waals surface area contributed by atoms with Gasteiger partial charge in [0.15, 0.2) is 0 Å². The van der Waals surface area contributed by atoms with Crippen LogP contribution in [0.2, 0.25) is 0 Å². The van der Waals surface area contributed by atoms with Crippen molar-refractivity contribution in [1.82, 2.24) is 15.3 Å². The molecule has 0 radical (unpaired) electrons. The summed E-state index contributed by atoms with van der Waals surface area (Å²) in [5.41, 5.74) is 2.70. The second kappa shape index (κ2) is 7.24. The van der Waals surface area contributed by atoms with Gasteiger partial charge in [-0.15, -0.1) is 0 Å². The molecule has 0 aliphatic carbocycles. The number of hydrogen-bond donors (Lipinski definition) is 2. The maximum atomic E-state index is 12.1. The first-order valence-electron chi connectivity index (χ1n) is 7.35. The highest BCUT2D eigenvalue weighted by atomic mass is 79.9. The Bertz CT molecular complexity index is 799. The first kappa shape index (κ1) is 15.5. The summed E-state index contributed by atoms with van der Waals surface area (Å²) in [6, 6.07) is 17.3. The van der Waals surface area contributed by atoms with Gasteiger partial charge in [-0.05, 0) is 18.2 Å². The standard InChI is InChI=1S/C18H16BrN3O/c19-15-8-4-7-14(11-15)18(23)20-10-9-16-12-21-17(22-16)13-5-2-1-3-6-13/h1-8,11-12H,9-10H2,(H,20,23)(H,21,22). The Morgan fingerprint density at radius 1 is 1.13 bits per heavy atom. The molecule has 0 unspecified atom stereocenters. The molecule has 2 N–H and O–H groups in total. The minimum absolute atomic E-state index is 0.0749. The van der Waals surface area contributed by atoms with Crippen LogP contribution in [-0.4, -0.2) is 22.4 Å². The number of halogens is 1. The number of rotatable bonds is 5. The van der Waals surface area contributed by atoms with Gasteiger partial charge in [0.2, 0.25) is 0 Å². The van der Waals surface area contributed by atoms with E-state index in [1.807, 2.05) is 48.7 Å². The fourth-order valence-electron chi connectivity index (χ4n) is 2.27. The molecule has 23 heavy (non-hydrogen) atoms. The van der Waals surface area contributed by atoms with Crippen LogP contribution in [0.5, 0.6) is 0 Å². The Kier molecular flexibility index (Phi) is 4.88. The topological polar surface area (TPSA) is 57.8 Å². The van der Waals surface area contributed by atoms with E-state index in [-0.39, 0.29) is 5.91 Å². The third-order valence-electron chi connectivity index (χ3n) is 3.44. The lowest BCUT2D eigenvalue weighted by Crippen LogP contribution is -2.25. The molecule has 0 aliphatic heterocycles. The summed E-state index contributed by atoms with van der Waals surface area (Å²) in [5.74, 6) is 0.771. The molecule has 0 spiro atoms. The number of hydrogen-bond acceptors (Lipinski definition) is 2. The minimum Gasteiger partial charge on any atom is -0.352 e. The Morgan fingerprint density at radius 2 is 1.96 bits per heavy atom. The van der Waals surface area contributed by atoms with Crippen LogP contribution in [0.1, 0.15) is 16.1 Å². The van der Waals surface area contributed by atoms with Crippen molar-refractivity contribution in [3.63, 3.8) is 0 Å². The smallest absolute Gasteiger partial charge is 0.251 e. The molecule has 3 rings (SSSR count). The minimum atomic E-state index is -0.0749. The van der Waals surface area contributed by atoms with E-state index in [0.29, 0.717) is 18.5 Å². The Balaban J connectivity index is 1.55. The first-order valence-corrected chi connectivity index (χ1v) is 8.15. The number of aromatic nitrogens is 2. The molecule has 2 aromatic carbocycles. The number of aromatic amines is 1. The summed E-state index contributed by atoms with van der Waals surface area (Å²) in [5, 5.41) is 2.92. The van der Waals surface area contributed by atoms with Crippen LogP contribution in [-0.2, 0) is 6.42 Å². The van der Waals surface area contributed by atoms with E-state index < -0.39 is 0 Å². The van der Waals surface area contributed by atoms with Crippen LogP contribution in [0.3, 0.4) is 0 Å². The van der Waals surface area contributed by atoms with Gasteiger partial charge in [0.25, 0.3) is 5.91 Å². The molecule has 0 atom stereocenters. The molecular weight excluding hydrogens is 354 g/mol. The van der Waals surface area contributed by atoms with Crippen LogP contribution in [0.25, 0.3) is 11.4 Å². The molecule has 0 aliphatic rings. The Hall–Kier alpha value is -2.40. The molecule has 1 amide bonds. The van der Waals surface area contributed by atoms with Crippen molar-refractivity contribution in [2.75, 3.05) is 6.54 Å². The lowest BCUT2D eigenvalue weighted by Gasteiger charge is -2.04. The summed E-state index contributed by atoms with van der Waals surface area (Å²) in [7, 11) is 0. The predicted molar refractivity (Wildman–Crippen MR) is 94.2 cm³/mol. The normalized spacial score (nSPS) is 10.5. The van der Waals surface area contributed by atoms with E-state index in [1.165, 1.54) is 0 Å². The van der Waals surface area contributed by atoms with Gasteiger partial charge < -0.3 is 10.3 Å². The molecule has 0 fully saturated rings. The van der Waals surface area contributed by atoms with Crippen molar-refractivity contribution >= 4 is 21.8 Å². The lowest BCUT2D eigenvalue weighted by atomic mass is 10.2. The molecule has 0 bridgehead atoms.